The highest BCUT2D eigenvalue weighted by molar-refractivity contribution is 6.95. The van der Waals surface area contributed by atoms with Crippen molar-refractivity contribution in [2.24, 2.45) is 0 Å². The molecule has 1 rings (SSSR count). The van der Waals surface area contributed by atoms with Crippen LogP contribution in [0.25, 0.3) is 0 Å². The van der Waals surface area contributed by atoms with Crippen molar-refractivity contribution in [3.05, 3.63) is 72.5 Å². The van der Waals surface area contributed by atoms with Gasteiger partial charge in [0.15, 0.2) is 0 Å². The van der Waals surface area contributed by atoms with E-state index in [9.17, 15) is 24.0 Å². The maximum absolute atomic E-state index is 12.4. The number of carbonyl (C=O) groups is 5. The topological polar surface area (TPSA) is 192 Å². The summed E-state index contributed by atoms with van der Waals surface area (Å²) in [7, 11) is -16.6. The van der Waals surface area contributed by atoms with E-state index in [1.807, 2.05) is 44.5 Å². The van der Waals surface area contributed by atoms with Crippen LogP contribution in [0.2, 0.25) is 56.9 Å². The zero-order valence-corrected chi connectivity index (χ0v) is 43.0. The van der Waals surface area contributed by atoms with Crippen molar-refractivity contribution in [1.82, 2.24) is 26.6 Å². The highest BCUT2D eigenvalue weighted by atomic mass is 28.5. The fourth-order valence-corrected chi connectivity index (χ4v) is 34.6. The standard InChI is InChI=1S/C40H73N5O10Si5/c1-31(2)36(46)41-21-16-26-56(11)51-57(12,27-17-22-42-37(47)32(3)4)53-59(14,29-19-24-44-39(49)34(7)8)55-60(15,30-20-25-45-40(50)35(9)10)54-58(13,52-56)28-18-23-43-38(48)33(5)6/h16,26H,1,3,5,7,9,17-25,27-30H2,2,4,6,8,10-15H3,(H,41,46)(H,42,47)(H,43,48)(H,44,49)(H,45,50)/b26-16-. The van der Waals surface area contributed by atoms with Gasteiger partial charge in [0, 0.05) is 60.6 Å². The van der Waals surface area contributed by atoms with Gasteiger partial charge in [-0.15, -0.1) is 0 Å². The third-order valence-corrected chi connectivity index (χ3v) is 32.2. The molecule has 15 nitrogen and oxygen atoms in total. The number of amides is 5. The maximum atomic E-state index is 12.4. The molecule has 1 aliphatic rings. The molecule has 0 bridgehead atoms. The lowest BCUT2D eigenvalue weighted by atomic mass is 10.3. The van der Waals surface area contributed by atoms with Gasteiger partial charge in [-0.3, -0.25) is 24.0 Å². The van der Waals surface area contributed by atoms with Gasteiger partial charge in [-0.25, -0.2) is 0 Å². The van der Waals surface area contributed by atoms with Gasteiger partial charge >= 0.3 is 42.8 Å². The zero-order valence-electron chi connectivity index (χ0n) is 38.0. The van der Waals surface area contributed by atoms with Gasteiger partial charge in [0.25, 0.3) is 0 Å². The Morgan fingerprint density at radius 1 is 0.417 bits per heavy atom. The van der Waals surface area contributed by atoms with Gasteiger partial charge in [0.1, 0.15) is 0 Å². The molecule has 0 radical (unpaired) electrons. The first-order valence-corrected chi connectivity index (χ1v) is 33.0. The summed E-state index contributed by atoms with van der Waals surface area (Å²) in [6, 6.07) is 1.94. The average molecular weight is 924 g/mol. The molecule has 0 aromatic carbocycles. The Labute approximate surface area is 364 Å². The molecule has 4 unspecified atom stereocenters. The van der Waals surface area contributed by atoms with Gasteiger partial charge < -0.3 is 47.2 Å². The predicted molar refractivity (Wildman–Crippen MR) is 249 cm³/mol. The lowest BCUT2D eigenvalue weighted by Crippen LogP contribution is -2.67. The molecule has 5 amide bonds. The minimum absolute atomic E-state index is 0.201. The van der Waals surface area contributed by atoms with E-state index in [4.69, 9.17) is 20.6 Å². The third-order valence-electron chi connectivity index (χ3n) is 9.24. The Morgan fingerprint density at radius 2 is 0.650 bits per heavy atom. The second-order valence-electron chi connectivity index (χ2n) is 16.5. The fraction of sp³-hybridized carbons (Fsp3) is 0.575. The summed E-state index contributed by atoms with van der Waals surface area (Å²) in [4.78, 5) is 62.0. The normalized spacial score (nSPS) is 25.6. The van der Waals surface area contributed by atoms with Crippen molar-refractivity contribution in [2.45, 2.75) is 117 Å². The van der Waals surface area contributed by atoms with Crippen LogP contribution in [0.4, 0.5) is 0 Å². The molecule has 1 fully saturated rings. The van der Waals surface area contributed by atoms with Crippen LogP contribution >= 0.6 is 0 Å². The van der Waals surface area contributed by atoms with Crippen molar-refractivity contribution in [3.8, 4) is 0 Å². The summed E-state index contributed by atoms with van der Waals surface area (Å²) >= 11 is 0. The van der Waals surface area contributed by atoms with Crippen LogP contribution in [0.3, 0.4) is 0 Å². The van der Waals surface area contributed by atoms with Gasteiger partial charge in [0.2, 0.25) is 29.5 Å². The largest absolute Gasteiger partial charge is 0.416 e. The maximum Gasteiger partial charge on any atom is 0.344 e. The van der Waals surface area contributed by atoms with E-state index in [1.165, 1.54) is 0 Å². The van der Waals surface area contributed by atoms with Gasteiger partial charge in [-0.05, 0) is 123 Å². The van der Waals surface area contributed by atoms with Crippen LogP contribution in [0, 0.1) is 0 Å². The van der Waals surface area contributed by atoms with Crippen molar-refractivity contribution in [3.63, 3.8) is 0 Å². The first kappa shape index (κ1) is 54.7. The van der Waals surface area contributed by atoms with Crippen LogP contribution in [0.1, 0.15) is 60.3 Å². The Balaban J connectivity index is 3.91. The molecule has 0 aromatic heterocycles. The summed E-state index contributed by atoms with van der Waals surface area (Å²) in [5.41, 5.74) is 3.90. The molecule has 1 aliphatic heterocycles. The molecule has 0 spiro atoms. The number of nitrogens with one attached hydrogen (secondary N) is 5. The molecule has 60 heavy (non-hydrogen) atoms. The summed E-state index contributed by atoms with van der Waals surface area (Å²) in [6.45, 7) is 38.6. The average Bonchev–Trinajstić information content (AvgIpc) is 3.12. The van der Waals surface area contributed by atoms with Gasteiger partial charge in [-0.2, -0.15) is 0 Å². The lowest BCUT2D eigenvalue weighted by molar-refractivity contribution is -0.118. The van der Waals surface area contributed by atoms with Crippen LogP contribution < -0.4 is 26.6 Å². The molecule has 338 valence electrons. The Bertz CT molecular complexity index is 1570. The van der Waals surface area contributed by atoms with E-state index in [0.717, 1.165) is 0 Å². The second-order valence-corrected chi connectivity index (χ2v) is 34.0. The van der Waals surface area contributed by atoms with E-state index in [-0.39, 0.29) is 36.1 Å². The fourth-order valence-electron chi connectivity index (χ4n) is 6.43. The minimum atomic E-state index is -3.43. The summed E-state index contributed by atoms with van der Waals surface area (Å²) in [5.74, 6) is -1.23. The van der Waals surface area contributed by atoms with Crippen molar-refractivity contribution in [1.29, 1.82) is 0 Å². The lowest BCUT2D eigenvalue weighted by Gasteiger charge is -2.50. The van der Waals surface area contributed by atoms with E-state index >= 15 is 0 Å². The molecular weight excluding hydrogens is 851 g/mol. The number of carbonyl (C=O) groups excluding carboxylic acids is 5. The van der Waals surface area contributed by atoms with Crippen molar-refractivity contribution >= 4 is 72.3 Å². The third kappa shape index (κ3) is 21.0. The van der Waals surface area contributed by atoms with Crippen molar-refractivity contribution < 1.29 is 44.5 Å². The summed E-state index contributed by atoms with van der Waals surface area (Å²) < 4.78 is 36.5. The first-order chi connectivity index (χ1) is 27.7. The summed E-state index contributed by atoms with van der Waals surface area (Å²) in [5, 5.41) is 14.5. The molecule has 1 heterocycles. The number of hydrogen-bond acceptors (Lipinski definition) is 10. The van der Waals surface area contributed by atoms with Crippen LogP contribution in [0.15, 0.2) is 72.5 Å². The number of rotatable bonds is 24. The van der Waals surface area contributed by atoms with Crippen LogP contribution in [-0.4, -0.2) is 105 Å². The van der Waals surface area contributed by atoms with Gasteiger partial charge in [0.05, 0.1) is 0 Å². The highest BCUT2D eigenvalue weighted by Crippen LogP contribution is 2.38. The van der Waals surface area contributed by atoms with Gasteiger partial charge in [-0.1, -0.05) is 39.0 Å². The molecule has 20 heteroatoms. The smallest absolute Gasteiger partial charge is 0.344 e. The molecular formula is C40H73N5O10Si5. The molecule has 4 atom stereocenters. The van der Waals surface area contributed by atoms with E-state index < -0.39 is 42.8 Å². The summed E-state index contributed by atoms with van der Waals surface area (Å²) in [6.07, 6.45) is 3.99. The minimum Gasteiger partial charge on any atom is -0.416 e. The predicted octanol–water partition coefficient (Wildman–Crippen LogP) is 5.56. The molecule has 1 saturated heterocycles. The van der Waals surface area contributed by atoms with Crippen LogP contribution in [-0.2, 0) is 44.5 Å². The van der Waals surface area contributed by atoms with Crippen molar-refractivity contribution in [2.75, 3.05) is 32.7 Å². The molecule has 0 aliphatic carbocycles. The second kappa shape index (κ2) is 24.9. The number of hydrogen-bond donors (Lipinski definition) is 5. The Morgan fingerprint density at radius 3 is 0.900 bits per heavy atom. The quantitative estimate of drug-likeness (QED) is 0.0466. The SMILES string of the molecule is C=C(C)C(=O)NC/C=C\[Si]1(C)O[Si](C)(CCCNC(=O)C(=C)C)O[Si](C)(CCCNC(=O)C(=C)C)O[Si](C)(CCCNC(=O)C(=C)C)O[Si](C)(CCCNC(=O)C(=C)C)O1. The van der Waals surface area contributed by atoms with E-state index in [0.29, 0.717) is 104 Å². The van der Waals surface area contributed by atoms with E-state index in [2.05, 4.69) is 59.5 Å². The van der Waals surface area contributed by atoms with Crippen LogP contribution in [0.5, 0.6) is 0 Å². The zero-order chi connectivity index (χ0) is 46.0. The molecule has 0 aromatic rings. The molecule has 5 N–H and O–H groups in total. The Hall–Kier alpha value is -3.33. The monoisotopic (exact) mass is 923 g/mol. The first-order valence-electron chi connectivity index (χ1n) is 20.5. The highest BCUT2D eigenvalue weighted by Gasteiger charge is 2.56. The Kier molecular flexibility index (Phi) is 22.7. The van der Waals surface area contributed by atoms with E-state index in [1.54, 1.807) is 34.6 Å². The molecule has 0 saturated carbocycles.